The first-order valence-corrected chi connectivity index (χ1v) is 10.4. The Morgan fingerprint density at radius 2 is 2.07 bits per heavy atom. The molecule has 1 fully saturated rings. The zero-order chi connectivity index (χ0) is 19.9. The third kappa shape index (κ3) is 4.74. The summed E-state index contributed by atoms with van der Waals surface area (Å²) < 4.78 is 8.53. The Bertz CT molecular complexity index is 745. The molecule has 0 spiro atoms. The van der Waals surface area contributed by atoms with Crippen molar-refractivity contribution in [2.45, 2.75) is 58.5 Å². The van der Waals surface area contributed by atoms with Gasteiger partial charge in [-0.3, -0.25) is 14.4 Å². The number of carbonyl (C=O) groups is 1. The van der Waals surface area contributed by atoms with Gasteiger partial charge in [0.05, 0.1) is 12.5 Å². The Balaban J connectivity index is 1.42. The van der Waals surface area contributed by atoms with Crippen LogP contribution in [0.2, 0.25) is 0 Å². The van der Waals surface area contributed by atoms with E-state index < -0.39 is 0 Å². The molecule has 1 N–H and O–H groups in total. The summed E-state index contributed by atoms with van der Waals surface area (Å²) in [6, 6.07) is 0. The average Bonchev–Trinajstić information content (AvgIpc) is 3.04. The monoisotopic (exact) mass is 392 g/mol. The van der Waals surface area contributed by atoms with Crippen molar-refractivity contribution in [3.05, 3.63) is 16.3 Å². The minimum absolute atomic E-state index is 0.00636. The fourth-order valence-electron chi connectivity index (χ4n) is 3.94. The average molecular weight is 393 g/mol. The summed E-state index contributed by atoms with van der Waals surface area (Å²) in [6.07, 6.45) is 5.44. The predicted octanol–water partition coefficient (Wildman–Crippen LogP) is 0.622. The number of aryl methyl sites for hydroxylation is 2. The largest absolute Gasteiger partial charge is 0.466 e. The molecule has 9 heteroatoms. The summed E-state index contributed by atoms with van der Waals surface area (Å²) in [6.45, 7) is 5.97. The molecule has 0 bridgehead atoms. The number of esters is 1. The van der Waals surface area contributed by atoms with E-state index in [4.69, 9.17) is 4.74 Å². The highest BCUT2D eigenvalue weighted by atomic mass is 16.5. The molecule has 0 aromatic carbocycles. The molecule has 0 aliphatic carbocycles. The number of aromatic nitrogens is 3. The lowest BCUT2D eigenvalue weighted by molar-refractivity contribution is -0.149. The zero-order valence-corrected chi connectivity index (χ0v) is 17.0. The van der Waals surface area contributed by atoms with E-state index in [1.807, 2.05) is 11.5 Å². The Labute approximate surface area is 165 Å². The molecule has 1 saturated heterocycles. The number of piperidine rings is 1. The fourth-order valence-corrected chi connectivity index (χ4v) is 3.94. The number of guanidine groups is 1. The van der Waals surface area contributed by atoms with Gasteiger partial charge in [-0.1, -0.05) is 0 Å². The van der Waals surface area contributed by atoms with Crippen LogP contribution in [0.4, 0.5) is 0 Å². The number of ether oxygens (including phenoxy) is 1. The lowest BCUT2D eigenvalue weighted by atomic mass is 9.97. The summed E-state index contributed by atoms with van der Waals surface area (Å²) in [7, 11) is 1.77. The first-order valence-electron chi connectivity index (χ1n) is 10.4. The van der Waals surface area contributed by atoms with Crippen molar-refractivity contribution in [3.8, 4) is 0 Å². The Hall–Kier alpha value is -2.32. The van der Waals surface area contributed by atoms with Crippen LogP contribution in [0.25, 0.3) is 0 Å². The molecule has 0 radical (unpaired) electrons. The molecule has 0 amide bonds. The Morgan fingerprint density at radius 1 is 1.29 bits per heavy atom. The molecule has 9 nitrogen and oxygen atoms in total. The van der Waals surface area contributed by atoms with Gasteiger partial charge < -0.3 is 15.0 Å². The number of likely N-dealkylation sites (tertiary alicyclic amines) is 1. The smallest absolute Gasteiger partial charge is 0.345 e. The van der Waals surface area contributed by atoms with Gasteiger partial charge in [0.1, 0.15) is 5.82 Å². The minimum atomic E-state index is -0.0849. The van der Waals surface area contributed by atoms with Crippen LogP contribution in [0, 0.1) is 5.92 Å². The SMILES string of the molecule is CCOC(=O)C1CCN(C(=NC)NCCCn2nc3n(c2=O)CCCC3)CC1. The van der Waals surface area contributed by atoms with Crippen molar-refractivity contribution in [2.24, 2.45) is 10.9 Å². The summed E-state index contributed by atoms with van der Waals surface area (Å²) in [4.78, 5) is 30.8. The molecule has 1 aromatic heterocycles. The fraction of sp³-hybridized carbons (Fsp3) is 0.789. The van der Waals surface area contributed by atoms with Crippen molar-refractivity contribution >= 4 is 11.9 Å². The number of hydrogen-bond acceptors (Lipinski definition) is 5. The van der Waals surface area contributed by atoms with Crippen LogP contribution in [0.3, 0.4) is 0 Å². The van der Waals surface area contributed by atoms with Gasteiger partial charge in [0.2, 0.25) is 0 Å². The molecule has 3 rings (SSSR count). The van der Waals surface area contributed by atoms with Crippen molar-refractivity contribution in [1.82, 2.24) is 24.6 Å². The van der Waals surface area contributed by atoms with E-state index in [1.165, 1.54) is 0 Å². The first-order chi connectivity index (χ1) is 13.6. The highest BCUT2D eigenvalue weighted by Crippen LogP contribution is 2.18. The lowest BCUT2D eigenvalue weighted by Crippen LogP contribution is -2.47. The van der Waals surface area contributed by atoms with E-state index in [9.17, 15) is 9.59 Å². The molecule has 2 aliphatic heterocycles. The molecule has 0 atom stereocenters. The molecule has 3 heterocycles. The quantitative estimate of drug-likeness (QED) is 0.330. The molecule has 2 aliphatic rings. The Kier molecular flexibility index (Phi) is 7.11. The topological polar surface area (TPSA) is 93.8 Å². The van der Waals surface area contributed by atoms with Crippen LogP contribution in [0.5, 0.6) is 0 Å². The van der Waals surface area contributed by atoms with Gasteiger partial charge in [0, 0.05) is 46.2 Å². The highest BCUT2D eigenvalue weighted by Gasteiger charge is 2.27. The minimum Gasteiger partial charge on any atom is -0.466 e. The van der Waals surface area contributed by atoms with Crippen LogP contribution in [-0.4, -0.2) is 64.5 Å². The standard InChI is InChI=1S/C19H32N6O3/c1-3-28-17(26)15-8-13-23(14-9-15)18(20-2)21-10-6-12-25-19(27)24-11-5-4-7-16(24)22-25/h15H,3-14H2,1-2H3,(H,20,21). The Morgan fingerprint density at radius 3 is 2.75 bits per heavy atom. The number of aliphatic imine (C=N–C) groups is 1. The van der Waals surface area contributed by atoms with Gasteiger partial charge in [-0.05, 0) is 39.0 Å². The maximum Gasteiger partial charge on any atom is 0.345 e. The second kappa shape index (κ2) is 9.75. The van der Waals surface area contributed by atoms with Crippen LogP contribution >= 0.6 is 0 Å². The summed E-state index contributed by atoms with van der Waals surface area (Å²) in [5, 5.41) is 7.84. The molecule has 28 heavy (non-hydrogen) atoms. The number of fused-ring (bicyclic) bond motifs is 1. The number of nitrogens with one attached hydrogen (secondary N) is 1. The maximum atomic E-state index is 12.4. The van der Waals surface area contributed by atoms with Crippen molar-refractivity contribution in [2.75, 3.05) is 33.3 Å². The third-order valence-electron chi connectivity index (χ3n) is 5.49. The molecule has 156 valence electrons. The molecule has 0 saturated carbocycles. The third-order valence-corrected chi connectivity index (χ3v) is 5.49. The van der Waals surface area contributed by atoms with E-state index in [2.05, 4.69) is 20.3 Å². The molecular formula is C19H32N6O3. The maximum absolute atomic E-state index is 12.4. The van der Waals surface area contributed by atoms with Crippen LogP contribution in [0.15, 0.2) is 9.79 Å². The molecule has 0 unspecified atom stereocenters. The normalized spacial score (nSPS) is 18.1. The summed E-state index contributed by atoms with van der Waals surface area (Å²) in [5.74, 6) is 1.68. The van der Waals surface area contributed by atoms with Crippen LogP contribution in [0.1, 0.15) is 44.9 Å². The number of rotatable bonds is 6. The zero-order valence-electron chi connectivity index (χ0n) is 17.0. The van der Waals surface area contributed by atoms with Gasteiger partial charge in [0.25, 0.3) is 0 Å². The first kappa shape index (κ1) is 20.4. The van der Waals surface area contributed by atoms with Gasteiger partial charge in [0.15, 0.2) is 5.96 Å². The van der Waals surface area contributed by atoms with Crippen LogP contribution in [-0.2, 0) is 29.0 Å². The van der Waals surface area contributed by atoms with Crippen molar-refractivity contribution in [1.29, 1.82) is 0 Å². The van der Waals surface area contributed by atoms with E-state index >= 15 is 0 Å². The lowest BCUT2D eigenvalue weighted by Gasteiger charge is -2.33. The number of carbonyl (C=O) groups excluding carboxylic acids is 1. The van der Waals surface area contributed by atoms with Crippen molar-refractivity contribution < 1.29 is 9.53 Å². The van der Waals surface area contributed by atoms with E-state index in [0.717, 1.165) is 76.5 Å². The van der Waals surface area contributed by atoms with Gasteiger partial charge >= 0.3 is 11.7 Å². The van der Waals surface area contributed by atoms with Crippen LogP contribution < -0.4 is 11.0 Å². The molecule has 1 aromatic rings. The van der Waals surface area contributed by atoms with E-state index in [1.54, 1.807) is 11.7 Å². The summed E-state index contributed by atoms with van der Waals surface area (Å²) in [5.41, 5.74) is 0.0140. The number of nitrogens with zero attached hydrogens (tertiary/aromatic N) is 5. The van der Waals surface area contributed by atoms with Gasteiger partial charge in [-0.15, -0.1) is 0 Å². The van der Waals surface area contributed by atoms with Gasteiger partial charge in [-0.25, -0.2) is 9.48 Å². The highest BCUT2D eigenvalue weighted by molar-refractivity contribution is 5.80. The van der Waals surface area contributed by atoms with E-state index in [0.29, 0.717) is 13.2 Å². The van der Waals surface area contributed by atoms with Crippen molar-refractivity contribution in [3.63, 3.8) is 0 Å². The number of hydrogen-bond donors (Lipinski definition) is 1. The summed E-state index contributed by atoms with van der Waals surface area (Å²) >= 11 is 0. The second-order valence-corrected chi connectivity index (χ2v) is 7.37. The second-order valence-electron chi connectivity index (χ2n) is 7.37. The van der Waals surface area contributed by atoms with E-state index in [-0.39, 0.29) is 17.6 Å². The predicted molar refractivity (Wildman–Crippen MR) is 106 cm³/mol. The van der Waals surface area contributed by atoms with Gasteiger partial charge in [-0.2, -0.15) is 5.10 Å². The molecular weight excluding hydrogens is 360 g/mol.